The number of rotatable bonds is 5. The van der Waals surface area contributed by atoms with Crippen LogP contribution in [0.5, 0.6) is 0 Å². The van der Waals surface area contributed by atoms with Crippen molar-refractivity contribution in [2.45, 2.75) is 59.3 Å². The SMILES string of the molecule is Cc1nc(C(C)(C)C)nc2sc(C(=O)NCCCN3CCCC3=O)c(C)c12. The van der Waals surface area contributed by atoms with Crippen molar-refractivity contribution in [1.82, 2.24) is 20.2 Å². The number of carbonyl (C=O) groups is 2. The first kappa shape index (κ1) is 19.7. The minimum atomic E-state index is -0.133. The van der Waals surface area contributed by atoms with Gasteiger partial charge in [0.1, 0.15) is 10.7 Å². The Morgan fingerprint density at radius 1 is 1.26 bits per heavy atom. The maximum atomic E-state index is 12.7. The number of aryl methyl sites for hydroxylation is 2. The Kier molecular flexibility index (Phi) is 5.51. The van der Waals surface area contributed by atoms with Crippen LogP contribution >= 0.6 is 11.3 Å². The van der Waals surface area contributed by atoms with Gasteiger partial charge in [-0.3, -0.25) is 9.59 Å². The molecule has 0 saturated carbocycles. The Labute approximate surface area is 164 Å². The molecule has 0 aliphatic carbocycles. The zero-order valence-corrected chi connectivity index (χ0v) is 17.6. The second kappa shape index (κ2) is 7.54. The van der Waals surface area contributed by atoms with Crippen LogP contribution in [0.4, 0.5) is 0 Å². The molecule has 3 rings (SSSR count). The number of nitrogens with zero attached hydrogens (tertiary/aromatic N) is 3. The average Bonchev–Trinajstić information content (AvgIpc) is 3.14. The molecule has 0 aromatic carbocycles. The molecule has 146 valence electrons. The Hall–Kier alpha value is -2.02. The van der Waals surface area contributed by atoms with E-state index in [2.05, 4.69) is 31.1 Å². The first-order chi connectivity index (χ1) is 12.7. The lowest BCUT2D eigenvalue weighted by molar-refractivity contribution is -0.127. The summed E-state index contributed by atoms with van der Waals surface area (Å²) >= 11 is 1.43. The van der Waals surface area contributed by atoms with Crippen molar-refractivity contribution >= 4 is 33.4 Å². The molecule has 0 unspecified atom stereocenters. The van der Waals surface area contributed by atoms with Gasteiger partial charge in [0.2, 0.25) is 5.91 Å². The Morgan fingerprint density at radius 3 is 2.63 bits per heavy atom. The highest BCUT2D eigenvalue weighted by Crippen LogP contribution is 2.33. The molecule has 0 spiro atoms. The lowest BCUT2D eigenvalue weighted by Gasteiger charge is -2.16. The van der Waals surface area contributed by atoms with E-state index in [1.54, 1.807) is 0 Å². The van der Waals surface area contributed by atoms with E-state index in [0.29, 0.717) is 24.4 Å². The van der Waals surface area contributed by atoms with Crippen LogP contribution in [-0.2, 0) is 10.2 Å². The van der Waals surface area contributed by atoms with E-state index < -0.39 is 0 Å². The second-order valence-corrected chi connectivity index (χ2v) is 9.21. The van der Waals surface area contributed by atoms with Gasteiger partial charge in [-0.2, -0.15) is 0 Å². The minimum absolute atomic E-state index is 0.0695. The van der Waals surface area contributed by atoms with E-state index in [1.807, 2.05) is 18.7 Å². The van der Waals surface area contributed by atoms with Crippen LogP contribution in [0.15, 0.2) is 0 Å². The topological polar surface area (TPSA) is 75.2 Å². The van der Waals surface area contributed by atoms with Gasteiger partial charge in [0, 0.05) is 36.9 Å². The highest BCUT2D eigenvalue weighted by molar-refractivity contribution is 7.20. The van der Waals surface area contributed by atoms with Gasteiger partial charge in [-0.1, -0.05) is 20.8 Å². The van der Waals surface area contributed by atoms with Crippen molar-refractivity contribution in [3.05, 3.63) is 22.0 Å². The van der Waals surface area contributed by atoms with E-state index in [4.69, 9.17) is 4.98 Å². The summed E-state index contributed by atoms with van der Waals surface area (Å²) in [6.45, 7) is 12.3. The van der Waals surface area contributed by atoms with Gasteiger partial charge in [0.05, 0.1) is 10.6 Å². The summed E-state index contributed by atoms with van der Waals surface area (Å²) in [5.74, 6) is 0.960. The largest absolute Gasteiger partial charge is 0.351 e. The molecule has 0 bridgehead atoms. The van der Waals surface area contributed by atoms with Gasteiger partial charge < -0.3 is 10.2 Å². The quantitative estimate of drug-likeness (QED) is 0.797. The predicted octanol–water partition coefficient (Wildman–Crippen LogP) is 3.35. The van der Waals surface area contributed by atoms with Crippen molar-refractivity contribution in [2.24, 2.45) is 0 Å². The predicted molar refractivity (Wildman–Crippen MR) is 108 cm³/mol. The van der Waals surface area contributed by atoms with Crippen LogP contribution in [0.2, 0.25) is 0 Å². The smallest absolute Gasteiger partial charge is 0.261 e. The zero-order valence-electron chi connectivity index (χ0n) is 16.8. The van der Waals surface area contributed by atoms with Gasteiger partial charge in [0.25, 0.3) is 5.91 Å². The van der Waals surface area contributed by atoms with Crippen LogP contribution in [0.3, 0.4) is 0 Å². The molecule has 2 aromatic heterocycles. The molecule has 1 saturated heterocycles. The fraction of sp³-hybridized carbons (Fsp3) is 0.600. The van der Waals surface area contributed by atoms with Crippen molar-refractivity contribution in [2.75, 3.05) is 19.6 Å². The van der Waals surface area contributed by atoms with Gasteiger partial charge in [-0.05, 0) is 32.3 Å². The fourth-order valence-corrected chi connectivity index (χ4v) is 4.53. The summed E-state index contributed by atoms with van der Waals surface area (Å²) in [6, 6.07) is 0. The zero-order chi connectivity index (χ0) is 19.8. The van der Waals surface area contributed by atoms with Crippen molar-refractivity contribution in [3.63, 3.8) is 0 Å². The number of aromatic nitrogens is 2. The van der Waals surface area contributed by atoms with Crippen LogP contribution in [0, 0.1) is 13.8 Å². The highest BCUT2D eigenvalue weighted by atomic mass is 32.1. The lowest BCUT2D eigenvalue weighted by atomic mass is 9.95. The van der Waals surface area contributed by atoms with E-state index >= 15 is 0 Å². The van der Waals surface area contributed by atoms with Crippen molar-refractivity contribution in [1.29, 1.82) is 0 Å². The number of hydrogen-bond acceptors (Lipinski definition) is 5. The third-order valence-corrected chi connectivity index (χ3v) is 6.09. The minimum Gasteiger partial charge on any atom is -0.351 e. The molecule has 1 fully saturated rings. The first-order valence-electron chi connectivity index (χ1n) is 9.52. The maximum Gasteiger partial charge on any atom is 0.261 e. The summed E-state index contributed by atoms with van der Waals surface area (Å²) in [6.07, 6.45) is 2.38. The Bertz CT molecular complexity index is 882. The number of amides is 2. The molecule has 27 heavy (non-hydrogen) atoms. The Balaban J connectivity index is 1.70. The molecule has 1 aliphatic rings. The molecule has 3 heterocycles. The van der Waals surface area contributed by atoms with Crippen molar-refractivity contribution < 1.29 is 9.59 Å². The molecule has 0 atom stereocenters. The van der Waals surface area contributed by atoms with Crippen molar-refractivity contribution in [3.8, 4) is 0 Å². The molecule has 0 radical (unpaired) electrons. The summed E-state index contributed by atoms with van der Waals surface area (Å²) < 4.78 is 0. The normalized spacial score (nSPS) is 15.0. The van der Waals surface area contributed by atoms with Gasteiger partial charge in [0.15, 0.2) is 0 Å². The van der Waals surface area contributed by atoms with E-state index in [-0.39, 0.29) is 17.2 Å². The molecule has 2 aromatic rings. The van der Waals surface area contributed by atoms with Crippen LogP contribution in [0.25, 0.3) is 10.2 Å². The van der Waals surface area contributed by atoms with E-state index in [9.17, 15) is 9.59 Å². The monoisotopic (exact) mass is 388 g/mol. The number of nitrogens with one attached hydrogen (secondary N) is 1. The van der Waals surface area contributed by atoms with Crippen LogP contribution < -0.4 is 5.32 Å². The summed E-state index contributed by atoms with van der Waals surface area (Å²) in [5.41, 5.74) is 1.73. The number of carbonyl (C=O) groups excluding carboxylic acids is 2. The summed E-state index contributed by atoms with van der Waals surface area (Å²) in [5, 5.41) is 3.98. The fourth-order valence-electron chi connectivity index (χ4n) is 3.38. The van der Waals surface area contributed by atoms with Gasteiger partial charge >= 0.3 is 0 Å². The van der Waals surface area contributed by atoms with Gasteiger partial charge in [-0.25, -0.2) is 9.97 Å². The molecule has 6 nitrogen and oxygen atoms in total. The first-order valence-corrected chi connectivity index (χ1v) is 10.3. The number of fused-ring (bicyclic) bond motifs is 1. The number of hydrogen-bond donors (Lipinski definition) is 1. The molecule has 7 heteroatoms. The summed E-state index contributed by atoms with van der Waals surface area (Å²) in [4.78, 5) is 37.1. The second-order valence-electron chi connectivity index (χ2n) is 8.21. The molecule has 1 N–H and O–H groups in total. The summed E-state index contributed by atoms with van der Waals surface area (Å²) in [7, 11) is 0. The lowest BCUT2D eigenvalue weighted by Crippen LogP contribution is -2.30. The average molecular weight is 389 g/mol. The third-order valence-electron chi connectivity index (χ3n) is 4.91. The number of thiophene rings is 1. The number of likely N-dealkylation sites (tertiary alicyclic amines) is 1. The standard InChI is InChI=1S/C20H28N4O2S/c1-12-15-13(2)22-19(20(3,4)5)23-18(15)27-16(12)17(26)21-9-7-11-24-10-6-8-14(24)25/h6-11H2,1-5H3,(H,21,26). The molecule has 2 amide bonds. The van der Waals surface area contributed by atoms with Crippen LogP contribution in [0.1, 0.15) is 66.8 Å². The van der Waals surface area contributed by atoms with E-state index in [0.717, 1.165) is 46.7 Å². The third kappa shape index (κ3) is 4.13. The van der Waals surface area contributed by atoms with Crippen LogP contribution in [-0.4, -0.2) is 46.3 Å². The van der Waals surface area contributed by atoms with E-state index in [1.165, 1.54) is 11.3 Å². The Morgan fingerprint density at radius 2 is 2.00 bits per heavy atom. The highest BCUT2D eigenvalue weighted by Gasteiger charge is 2.23. The maximum absolute atomic E-state index is 12.7. The molecule has 1 aliphatic heterocycles. The molecular weight excluding hydrogens is 360 g/mol. The van der Waals surface area contributed by atoms with Gasteiger partial charge in [-0.15, -0.1) is 11.3 Å². The molecular formula is C20H28N4O2S.